The van der Waals surface area contributed by atoms with E-state index in [0.29, 0.717) is 6.54 Å². The van der Waals surface area contributed by atoms with Gasteiger partial charge in [-0.15, -0.1) is 0 Å². The minimum Gasteiger partial charge on any atom is -0.311 e. The Morgan fingerprint density at radius 3 is 2.33 bits per heavy atom. The van der Waals surface area contributed by atoms with Crippen LogP contribution in [0.25, 0.3) is 0 Å². The van der Waals surface area contributed by atoms with Crippen molar-refractivity contribution >= 4 is 21.6 Å². The first-order valence-corrected chi connectivity index (χ1v) is 10.2. The van der Waals surface area contributed by atoms with Crippen molar-refractivity contribution in [1.29, 1.82) is 5.26 Å². The average Bonchev–Trinajstić information content (AvgIpc) is 2.69. The van der Waals surface area contributed by atoms with E-state index in [4.69, 9.17) is 0 Å². The summed E-state index contributed by atoms with van der Waals surface area (Å²) in [6, 6.07) is 17.1. The largest absolute Gasteiger partial charge is 0.311 e. The highest BCUT2D eigenvalue weighted by atomic mass is 32.2. The predicted molar refractivity (Wildman–Crippen MR) is 105 cm³/mol. The third-order valence-corrected chi connectivity index (χ3v) is 6.02. The quantitative estimate of drug-likeness (QED) is 0.699. The van der Waals surface area contributed by atoms with Crippen LogP contribution in [0.15, 0.2) is 59.5 Å². The summed E-state index contributed by atoms with van der Waals surface area (Å²) in [5.41, 5.74) is 0.793. The van der Waals surface area contributed by atoms with E-state index in [1.54, 1.807) is 17.0 Å². The Morgan fingerprint density at radius 1 is 1.07 bits per heavy atom. The summed E-state index contributed by atoms with van der Waals surface area (Å²) >= 11 is 0. The van der Waals surface area contributed by atoms with Gasteiger partial charge in [-0.3, -0.25) is 4.79 Å². The van der Waals surface area contributed by atoms with E-state index < -0.39 is 10.0 Å². The van der Waals surface area contributed by atoms with Crippen LogP contribution in [-0.4, -0.2) is 38.8 Å². The molecule has 0 N–H and O–H groups in total. The monoisotopic (exact) mass is 385 g/mol. The number of hydrogen-bond acceptors (Lipinski definition) is 4. The molecule has 2 aromatic carbocycles. The lowest BCUT2D eigenvalue weighted by molar-refractivity contribution is -0.118. The molecule has 0 aliphatic rings. The number of unbranched alkanes of at least 4 members (excludes halogenated alkanes) is 1. The summed E-state index contributed by atoms with van der Waals surface area (Å²) < 4.78 is 26.6. The van der Waals surface area contributed by atoms with E-state index in [2.05, 4.69) is 0 Å². The molecular formula is C20H23N3O3S. The molecule has 0 bridgehead atoms. The van der Waals surface area contributed by atoms with E-state index in [1.165, 1.54) is 19.2 Å². The summed E-state index contributed by atoms with van der Waals surface area (Å²) in [6.45, 7) is 2.24. The van der Waals surface area contributed by atoms with Crippen LogP contribution in [0.2, 0.25) is 0 Å². The van der Waals surface area contributed by atoms with Crippen LogP contribution in [0.4, 0.5) is 5.69 Å². The third kappa shape index (κ3) is 4.94. The van der Waals surface area contributed by atoms with Gasteiger partial charge in [-0.05, 0) is 30.7 Å². The van der Waals surface area contributed by atoms with Crippen LogP contribution < -0.4 is 4.90 Å². The van der Waals surface area contributed by atoms with Crippen LogP contribution in [0, 0.1) is 11.3 Å². The van der Waals surface area contributed by atoms with Crippen LogP contribution in [0.5, 0.6) is 0 Å². The number of sulfonamides is 1. The fraction of sp³-hybridized carbons (Fsp3) is 0.300. The molecule has 7 heteroatoms. The third-order valence-electron chi connectivity index (χ3n) is 4.16. The minimum absolute atomic E-state index is 0.0581. The van der Waals surface area contributed by atoms with Crippen molar-refractivity contribution in [3.8, 4) is 6.07 Å². The fourth-order valence-corrected chi connectivity index (χ4v) is 3.89. The molecule has 0 aliphatic heterocycles. The van der Waals surface area contributed by atoms with Crippen molar-refractivity contribution in [2.75, 3.05) is 25.0 Å². The second kappa shape index (κ2) is 9.31. The number of anilines is 1. The normalized spacial score (nSPS) is 11.2. The highest BCUT2D eigenvalue weighted by Crippen LogP contribution is 2.20. The molecule has 0 saturated carbocycles. The fourth-order valence-electron chi connectivity index (χ4n) is 2.63. The molecule has 1 amide bonds. The first-order valence-electron chi connectivity index (χ1n) is 8.72. The molecule has 2 aromatic rings. The summed E-state index contributed by atoms with van der Waals surface area (Å²) in [4.78, 5) is 14.4. The summed E-state index contributed by atoms with van der Waals surface area (Å²) in [5, 5.41) is 9.17. The molecule has 0 atom stereocenters. The molecule has 0 saturated heterocycles. The SMILES string of the molecule is CCCCN(C(=O)CN(C)S(=O)(=O)c1ccccc1C#N)c1ccccc1. The zero-order valence-corrected chi connectivity index (χ0v) is 16.3. The smallest absolute Gasteiger partial charge is 0.244 e. The van der Waals surface area contributed by atoms with E-state index in [1.807, 2.05) is 43.3 Å². The van der Waals surface area contributed by atoms with Crippen LogP contribution >= 0.6 is 0 Å². The summed E-state index contributed by atoms with van der Waals surface area (Å²) in [5.74, 6) is -0.310. The van der Waals surface area contributed by atoms with Gasteiger partial charge >= 0.3 is 0 Å². The number of benzene rings is 2. The van der Waals surface area contributed by atoms with Crippen LogP contribution in [0.1, 0.15) is 25.3 Å². The second-order valence-corrected chi connectivity index (χ2v) is 8.12. The number of hydrogen-bond donors (Lipinski definition) is 0. The highest BCUT2D eigenvalue weighted by molar-refractivity contribution is 7.89. The van der Waals surface area contributed by atoms with E-state index in [0.717, 1.165) is 22.8 Å². The van der Waals surface area contributed by atoms with Crippen molar-refractivity contribution in [2.45, 2.75) is 24.7 Å². The number of carbonyl (C=O) groups is 1. The Hall–Kier alpha value is -2.69. The Kier molecular flexibility index (Phi) is 7.11. The highest BCUT2D eigenvalue weighted by Gasteiger charge is 2.27. The lowest BCUT2D eigenvalue weighted by Crippen LogP contribution is -2.41. The van der Waals surface area contributed by atoms with Gasteiger partial charge in [-0.1, -0.05) is 43.7 Å². The Balaban J connectivity index is 2.25. The van der Waals surface area contributed by atoms with Gasteiger partial charge in [0, 0.05) is 19.3 Å². The van der Waals surface area contributed by atoms with Gasteiger partial charge in [-0.25, -0.2) is 8.42 Å². The number of amides is 1. The maximum absolute atomic E-state index is 12.8. The maximum Gasteiger partial charge on any atom is 0.244 e. The molecule has 0 radical (unpaired) electrons. The number of nitriles is 1. The molecule has 0 spiro atoms. The molecule has 6 nitrogen and oxygen atoms in total. The van der Waals surface area contributed by atoms with Gasteiger partial charge in [0.15, 0.2) is 0 Å². The van der Waals surface area contributed by atoms with E-state index in [-0.39, 0.29) is 22.9 Å². The van der Waals surface area contributed by atoms with E-state index in [9.17, 15) is 18.5 Å². The maximum atomic E-state index is 12.8. The molecule has 0 fully saturated rings. The molecular weight excluding hydrogens is 362 g/mol. The molecule has 142 valence electrons. The van der Waals surface area contributed by atoms with Gasteiger partial charge in [-0.2, -0.15) is 9.57 Å². The number of rotatable bonds is 8. The topological polar surface area (TPSA) is 81.5 Å². The van der Waals surface area contributed by atoms with Crippen molar-refractivity contribution in [3.05, 3.63) is 60.2 Å². The van der Waals surface area contributed by atoms with Crippen LogP contribution in [0.3, 0.4) is 0 Å². The van der Waals surface area contributed by atoms with Crippen molar-refractivity contribution in [3.63, 3.8) is 0 Å². The lowest BCUT2D eigenvalue weighted by atomic mass is 10.2. The molecule has 2 rings (SSSR count). The van der Waals surface area contributed by atoms with Gasteiger partial charge < -0.3 is 4.90 Å². The first kappa shape index (κ1) is 20.6. The van der Waals surface area contributed by atoms with E-state index >= 15 is 0 Å². The standard InChI is InChI=1S/C20H23N3O3S/c1-3-4-14-23(18-11-6-5-7-12-18)20(24)16-22(2)27(25,26)19-13-9-8-10-17(19)15-21/h5-13H,3-4,14,16H2,1-2H3. The van der Waals surface area contributed by atoms with Crippen molar-refractivity contribution in [2.24, 2.45) is 0 Å². The zero-order chi connectivity index (χ0) is 19.9. The Morgan fingerprint density at radius 2 is 1.70 bits per heavy atom. The molecule has 0 unspecified atom stereocenters. The van der Waals surface area contributed by atoms with Gasteiger partial charge in [0.2, 0.25) is 15.9 Å². The Bertz CT molecular complexity index is 921. The van der Waals surface area contributed by atoms with Crippen LogP contribution in [-0.2, 0) is 14.8 Å². The average molecular weight is 385 g/mol. The summed E-state index contributed by atoms with van der Waals surface area (Å²) in [7, 11) is -2.60. The number of carbonyl (C=O) groups excluding carboxylic acids is 1. The lowest BCUT2D eigenvalue weighted by Gasteiger charge is -2.25. The first-order chi connectivity index (χ1) is 12.9. The number of likely N-dealkylation sites (N-methyl/N-ethyl adjacent to an activating group) is 1. The second-order valence-electron chi connectivity index (χ2n) is 6.10. The van der Waals surface area contributed by atoms with Crippen molar-refractivity contribution < 1.29 is 13.2 Å². The van der Waals surface area contributed by atoms with Gasteiger partial charge in [0.05, 0.1) is 17.0 Å². The molecule has 0 heterocycles. The van der Waals surface area contributed by atoms with Gasteiger partial charge in [0.25, 0.3) is 0 Å². The molecule has 0 aromatic heterocycles. The molecule has 0 aliphatic carbocycles. The predicted octanol–water partition coefficient (Wildman–Crippen LogP) is 3.01. The molecule has 27 heavy (non-hydrogen) atoms. The summed E-state index contributed by atoms with van der Waals surface area (Å²) in [6.07, 6.45) is 1.73. The number of nitrogens with zero attached hydrogens (tertiary/aromatic N) is 3. The zero-order valence-electron chi connectivity index (χ0n) is 15.5. The minimum atomic E-state index is -3.95. The Labute approximate surface area is 160 Å². The number of para-hydroxylation sites is 1. The van der Waals surface area contributed by atoms with Gasteiger partial charge in [0.1, 0.15) is 6.07 Å². The van der Waals surface area contributed by atoms with Crippen molar-refractivity contribution in [1.82, 2.24) is 4.31 Å².